The maximum Gasteiger partial charge on any atom is 0.129 e. The molecule has 1 heterocycles. The lowest BCUT2D eigenvalue weighted by Crippen LogP contribution is -2.11. The van der Waals surface area contributed by atoms with Crippen LogP contribution in [0, 0.1) is 0 Å². The molecule has 3 rings (SSSR count). The van der Waals surface area contributed by atoms with Crippen molar-refractivity contribution in [1.82, 2.24) is 4.98 Å². The summed E-state index contributed by atoms with van der Waals surface area (Å²) in [7, 11) is 0. The Morgan fingerprint density at radius 2 is 1.90 bits per heavy atom. The average molecular weight is 318 g/mol. The fourth-order valence-electron chi connectivity index (χ4n) is 2.34. The Labute approximate surface area is 133 Å². The molecule has 0 unspecified atom stereocenters. The van der Waals surface area contributed by atoms with Gasteiger partial charge in [-0.1, -0.05) is 44.5 Å². The van der Waals surface area contributed by atoms with Crippen LogP contribution < -0.4 is 0 Å². The van der Waals surface area contributed by atoms with E-state index in [0.29, 0.717) is 10.8 Å². The van der Waals surface area contributed by atoms with Crippen molar-refractivity contribution in [1.29, 1.82) is 0 Å². The average Bonchev–Trinajstić information content (AvgIpc) is 2.80. The highest BCUT2D eigenvalue weighted by atomic mass is 35.5. The zero-order valence-corrected chi connectivity index (χ0v) is 13.7. The predicted molar refractivity (Wildman–Crippen MR) is 90.4 cm³/mol. The summed E-state index contributed by atoms with van der Waals surface area (Å²) in [5.74, 6) is 0.315. The van der Waals surface area contributed by atoms with E-state index < -0.39 is 0 Å². The van der Waals surface area contributed by atoms with Gasteiger partial charge in [0.1, 0.15) is 10.8 Å². The molecule has 21 heavy (non-hydrogen) atoms. The largest absolute Gasteiger partial charge is 0.507 e. The lowest BCUT2D eigenvalue weighted by molar-refractivity contribution is 0.448. The molecule has 4 heteroatoms. The molecule has 0 amide bonds. The van der Waals surface area contributed by atoms with Crippen molar-refractivity contribution in [2.24, 2.45) is 0 Å². The number of rotatable bonds is 1. The van der Waals surface area contributed by atoms with E-state index in [1.165, 1.54) is 0 Å². The van der Waals surface area contributed by atoms with Crippen LogP contribution in [0.25, 0.3) is 20.8 Å². The molecule has 0 saturated carbocycles. The van der Waals surface area contributed by atoms with Crippen LogP contribution >= 0.6 is 22.9 Å². The van der Waals surface area contributed by atoms with E-state index in [1.54, 1.807) is 11.3 Å². The molecule has 0 aliphatic heterocycles. The molecule has 1 aromatic heterocycles. The molecule has 0 radical (unpaired) electrons. The molecule has 3 aromatic rings. The number of phenolic OH excluding ortho intramolecular Hbond substituents is 1. The number of hydrogen-bond donors (Lipinski definition) is 1. The smallest absolute Gasteiger partial charge is 0.129 e. The highest BCUT2D eigenvalue weighted by Crippen LogP contribution is 2.41. The highest BCUT2D eigenvalue weighted by molar-refractivity contribution is 7.21. The SMILES string of the molecule is CC(C)(C)c1cccc(-c2nc3cc(Cl)ccc3s2)c1O. The molecule has 1 N–H and O–H groups in total. The molecule has 0 atom stereocenters. The van der Waals surface area contributed by atoms with E-state index in [4.69, 9.17) is 11.6 Å². The van der Waals surface area contributed by atoms with Crippen LogP contribution in [0.3, 0.4) is 0 Å². The van der Waals surface area contributed by atoms with Crippen LogP contribution in [-0.4, -0.2) is 10.1 Å². The van der Waals surface area contributed by atoms with E-state index in [-0.39, 0.29) is 5.41 Å². The van der Waals surface area contributed by atoms with Crippen LogP contribution in [0.15, 0.2) is 36.4 Å². The maximum absolute atomic E-state index is 10.6. The van der Waals surface area contributed by atoms with Crippen molar-refractivity contribution in [3.05, 3.63) is 47.0 Å². The Kier molecular flexibility index (Phi) is 3.42. The number of hydrogen-bond acceptors (Lipinski definition) is 3. The first-order chi connectivity index (χ1) is 9.86. The maximum atomic E-state index is 10.6. The van der Waals surface area contributed by atoms with Crippen molar-refractivity contribution < 1.29 is 5.11 Å². The fraction of sp³-hybridized carbons (Fsp3) is 0.235. The van der Waals surface area contributed by atoms with E-state index in [2.05, 4.69) is 25.8 Å². The number of aromatic nitrogens is 1. The minimum absolute atomic E-state index is 0.111. The summed E-state index contributed by atoms with van der Waals surface area (Å²) in [4.78, 5) is 4.60. The first-order valence-electron chi connectivity index (χ1n) is 6.75. The third kappa shape index (κ3) is 2.63. The lowest BCUT2D eigenvalue weighted by atomic mass is 9.85. The van der Waals surface area contributed by atoms with Crippen molar-refractivity contribution in [3.63, 3.8) is 0 Å². The lowest BCUT2D eigenvalue weighted by Gasteiger charge is -2.21. The molecule has 0 fully saturated rings. The summed E-state index contributed by atoms with van der Waals surface area (Å²) in [6.07, 6.45) is 0. The first-order valence-corrected chi connectivity index (χ1v) is 7.94. The standard InChI is InChI=1S/C17H16ClNOS/c1-17(2,3)12-6-4-5-11(15(12)20)16-19-13-9-10(18)7-8-14(13)21-16/h4-9,20H,1-3H3. The number of halogens is 1. The summed E-state index contributed by atoms with van der Waals surface area (Å²) >= 11 is 7.57. The number of phenols is 1. The predicted octanol–water partition coefficient (Wildman–Crippen LogP) is 5.62. The monoisotopic (exact) mass is 317 g/mol. The molecule has 2 nitrogen and oxygen atoms in total. The van der Waals surface area contributed by atoms with E-state index >= 15 is 0 Å². The zero-order valence-electron chi connectivity index (χ0n) is 12.1. The quantitative estimate of drug-likeness (QED) is 0.632. The molecular weight excluding hydrogens is 302 g/mol. The topological polar surface area (TPSA) is 33.1 Å². The Bertz CT molecular complexity index is 817. The second-order valence-corrected chi connectivity index (χ2v) is 7.55. The summed E-state index contributed by atoms with van der Waals surface area (Å²) in [6, 6.07) is 11.5. The number of nitrogens with zero attached hydrogens (tertiary/aromatic N) is 1. The van der Waals surface area contributed by atoms with Gasteiger partial charge in [-0.15, -0.1) is 11.3 Å². The molecule has 0 saturated heterocycles. The zero-order chi connectivity index (χ0) is 15.2. The van der Waals surface area contributed by atoms with E-state index in [1.807, 2.05) is 36.4 Å². The van der Waals surface area contributed by atoms with Gasteiger partial charge in [-0.05, 0) is 35.2 Å². The number of para-hydroxylation sites is 1. The van der Waals surface area contributed by atoms with Crippen molar-refractivity contribution >= 4 is 33.2 Å². The van der Waals surface area contributed by atoms with Gasteiger partial charge in [-0.2, -0.15) is 0 Å². The fourth-order valence-corrected chi connectivity index (χ4v) is 3.48. The molecule has 108 valence electrons. The Morgan fingerprint density at radius 1 is 1.14 bits per heavy atom. The molecule has 0 aliphatic carbocycles. The van der Waals surface area contributed by atoms with Crippen molar-refractivity contribution in [3.8, 4) is 16.3 Å². The van der Waals surface area contributed by atoms with Gasteiger partial charge in [0.05, 0.1) is 15.8 Å². The first kappa shape index (κ1) is 14.4. The second-order valence-electron chi connectivity index (χ2n) is 6.08. The summed E-state index contributed by atoms with van der Waals surface area (Å²) in [5.41, 5.74) is 2.46. The van der Waals surface area contributed by atoms with Gasteiger partial charge in [0.2, 0.25) is 0 Å². The second kappa shape index (κ2) is 5.00. The van der Waals surface area contributed by atoms with Gasteiger partial charge in [0.25, 0.3) is 0 Å². The van der Waals surface area contributed by atoms with Gasteiger partial charge in [0.15, 0.2) is 0 Å². The van der Waals surface area contributed by atoms with E-state index in [0.717, 1.165) is 26.4 Å². The minimum Gasteiger partial charge on any atom is -0.507 e. The van der Waals surface area contributed by atoms with Crippen molar-refractivity contribution in [2.45, 2.75) is 26.2 Å². The molecular formula is C17H16ClNOS. The van der Waals surface area contributed by atoms with Crippen LogP contribution in [0.2, 0.25) is 5.02 Å². The van der Waals surface area contributed by atoms with Crippen molar-refractivity contribution in [2.75, 3.05) is 0 Å². The van der Waals surface area contributed by atoms with Gasteiger partial charge in [-0.25, -0.2) is 4.98 Å². The Hall–Kier alpha value is -1.58. The van der Waals surface area contributed by atoms with Gasteiger partial charge in [0, 0.05) is 5.02 Å². The number of thiazole rings is 1. The number of aromatic hydroxyl groups is 1. The van der Waals surface area contributed by atoms with Crippen LogP contribution in [0.1, 0.15) is 26.3 Å². The third-order valence-corrected chi connectivity index (χ3v) is 4.73. The van der Waals surface area contributed by atoms with Crippen LogP contribution in [-0.2, 0) is 5.41 Å². The Balaban J connectivity index is 2.19. The van der Waals surface area contributed by atoms with E-state index in [9.17, 15) is 5.11 Å². The molecule has 0 aliphatic rings. The summed E-state index contributed by atoms with van der Waals surface area (Å²) < 4.78 is 1.06. The molecule has 0 bridgehead atoms. The van der Waals surface area contributed by atoms with Crippen LogP contribution in [0.4, 0.5) is 0 Å². The normalized spacial score (nSPS) is 12.0. The molecule has 2 aromatic carbocycles. The summed E-state index contributed by atoms with van der Waals surface area (Å²) in [5, 5.41) is 12.1. The number of fused-ring (bicyclic) bond motifs is 1. The van der Waals surface area contributed by atoms with Gasteiger partial charge >= 0.3 is 0 Å². The molecule has 0 spiro atoms. The summed E-state index contributed by atoms with van der Waals surface area (Å²) in [6.45, 7) is 6.26. The Morgan fingerprint density at radius 3 is 2.62 bits per heavy atom. The van der Waals surface area contributed by atoms with Gasteiger partial charge < -0.3 is 5.11 Å². The van der Waals surface area contributed by atoms with Crippen LogP contribution in [0.5, 0.6) is 5.75 Å². The number of benzene rings is 2. The minimum atomic E-state index is -0.111. The highest BCUT2D eigenvalue weighted by Gasteiger charge is 2.21. The third-order valence-electron chi connectivity index (χ3n) is 3.42. The van der Waals surface area contributed by atoms with Gasteiger partial charge in [-0.3, -0.25) is 0 Å².